The van der Waals surface area contributed by atoms with E-state index in [4.69, 9.17) is 5.11 Å². The van der Waals surface area contributed by atoms with E-state index in [9.17, 15) is 8.42 Å². The lowest BCUT2D eigenvalue weighted by atomic mass is 10.2. The van der Waals surface area contributed by atoms with Gasteiger partial charge in [-0.25, -0.2) is 8.42 Å². The standard InChI is InChI=1S/C13H20N2O3S/c1-10(2)15(7-8-16)19(17,18)12-3-4-13-11(9-12)5-6-14-13/h3-4,9-10,14,16H,5-8H2,1-2H3. The summed E-state index contributed by atoms with van der Waals surface area (Å²) < 4.78 is 26.4. The van der Waals surface area contributed by atoms with Crippen LogP contribution in [0.2, 0.25) is 0 Å². The monoisotopic (exact) mass is 284 g/mol. The highest BCUT2D eigenvalue weighted by atomic mass is 32.2. The number of rotatable bonds is 5. The van der Waals surface area contributed by atoms with Crippen molar-refractivity contribution < 1.29 is 13.5 Å². The Kier molecular flexibility index (Phi) is 4.13. The maximum Gasteiger partial charge on any atom is 0.243 e. The molecule has 0 bridgehead atoms. The molecule has 1 aromatic rings. The van der Waals surface area contributed by atoms with E-state index < -0.39 is 10.0 Å². The van der Waals surface area contributed by atoms with Gasteiger partial charge in [-0.2, -0.15) is 4.31 Å². The molecule has 1 aliphatic heterocycles. The van der Waals surface area contributed by atoms with Crippen LogP contribution >= 0.6 is 0 Å². The Labute approximate surface area is 114 Å². The van der Waals surface area contributed by atoms with Gasteiger partial charge in [0.05, 0.1) is 11.5 Å². The molecule has 0 fully saturated rings. The minimum absolute atomic E-state index is 0.120. The van der Waals surface area contributed by atoms with E-state index in [1.165, 1.54) is 4.31 Å². The van der Waals surface area contributed by atoms with Gasteiger partial charge in [0, 0.05) is 24.8 Å². The molecule has 0 aliphatic carbocycles. The summed E-state index contributed by atoms with van der Waals surface area (Å²) in [7, 11) is -3.54. The third-order valence-corrected chi connectivity index (χ3v) is 5.36. The number of nitrogens with one attached hydrogen (secondary N) is 1. The van der Waals surface area contributed by atoms with E-state index in [2.05, 4.69) is 5.32 Å². The van der Waals surface area contributed by atoms with Gasteiger partial charge in [-0.1, -0.05) is 0 Å². The number of nitrogens with zero attached hydrogens (tertiary/aromatic N) is 1. The van der Waals surface area contributed by atoms with Gasteiger partial charge in [0.25, 0.3) is 0 Å². The lowest BCUT2D eigenvalue weighted by Crippen LogP contribution is -2.38. The predicted octanol–water partition coefficient (Wildman–Crippen LogP) is 1.05. The Hall–Kier alpha value is -1.11. The van der Waals surface area contributed by atoms with Crippen LogP contribution in [0.5, 0.6) is 0 Å². The highest BCUT2D eigenvalue weighted by Crippen LogP contribution is 2.27. The van der Waals surface area contributed by atoms with Gasteiger partial charge in [-0.05, 0) is 44.0 Å². The fourth-order valence-corrected chi connectivity index (χ4v) is 4.01. The fourth-order valence-electron chi connectivity index (χ4n) is 2.33. The molecule has 106 valence electrons. The second-order valence-corrected chi connectivity index (χ2v) is 6.82. The number of anilines is 1. The Morgan fingerprint density at radius 1 is 1.42 bits per heavy atom. The Morgan fingerprint density at radius 3 is 2.79 bits per heavy atom. The molecular weight excluding hydrogens is 264 g/mol. The van der Waals surface area contributed by atoms with Gasteiger partial charge in [0.15, 0.2) is 0 Å². The third kappa shape index (κ3) is 2.75. The van der Waals surface area contributed by atoms with Crippen molar-refractivity contribution in [2.75, 3.05) is 25.0 Å². The van der Waals surface area contributed by atoms with Gasteiger partial charge in [-0.3, -0.25) is 0 Å². The minimum atomic E-state index is -3.54. The average Bonchev–Trinajstić information content (AvgIpc) is 2.82. The van der Waals surface area contributed by atoms with Gasteiger partial charge >= 0.3 is 0 Å². The summed E-state index contributed by atoms with van der Waals surface area (Å²) in [5.74, 6) is 0. The van der Waals surface area contributed by atoms with Crippen molar-refractivity contribution in [3.63, 3.8) is 0 Å². The van der Waals surface area contributed by atoms with Crippen LogP contribution in [0.15, 0.2) is 23.1 Å². The minimum Gasteiger partial charge on any atom is -0.395 e. The molecule has 2 rings (SSSR count). The molecule has 0 spiro atoms. The number of fused-ring (bicyclic) bond motifs is 1. The van der Waals surface area contributed by atoms with Crippen LogP contribution in [0.25, 0.3) is 0 Å². The average molecular weight is 284 g/mol. The quantitative estimate of drug-likeness (QED) is 0.848. The molecule has 19 heavy (non-hydrogen) atoms. The zero-order chi connectivity index (χ0) is 14.0. The highest BCUT2D eigenvalue weighted by molar-refractivity contribution is 7.89. The van der Waals surface area contributed by atoms with Gasteiger partial charge in [-0.15, -0.1) is 0 Å². The first-order valence-electron chi connectivity index (χ1n) is 6.46. The number of hydrogen-bond donors (Lipinski definition) is 2. The van der Waals surface area contributed by atoms with E-state index in [0.29, 0.717) is 4.90 Å². The molecule has 0 saturated heterocycles. The van der Waals surface area contributed by atoms with Crippen molar-refractivity contribution in [1.29, 1.82) is 0 Å². The number of aliphatic hydroxyl groups excluding tert-OH is 1. The first kappa shape index (κ1) is 14.3. The van der Waals surface area contributed by atoms with Crippen molar-refractivity contribution in [2.45, 2.75) is 31.2 Å². The summed E-state index contributed by atoms with van der Waals surface area (Å²) in [6, 6.07) is 4.99. The molecule has 1 aromatic carbocycles. The molecule has 5 nitrogen and oxygen atoms in total. The van der Waals surface area contributed by atoms with Crippen LogP contribution in [0, 0.1) is 0 Å². The van der Waals surface area contributed by atoms with Gasteiger partial charge in [0.2, 0.25) is 10.0 Å². The summed E-state index contributed by atoms with van der Waals surface area (Å²) in [6.45, 7) is 4.41. The van der Waals surface area contributed by atoms with Crippen LogP contribution < -0.4 is 5.32 Å². The highest BCUT2D eigenvalue weighted by Gasteiger charge is 2.27. The van der Waals surface area contributed by atoms with E-state index >= 15 is 0 Å². The topological polar surface area (TPSA) is 69.6 Å². The van der Waals surface area contributed by atoms with E-state index in [0.717, 1.165) is 24.2 Å². The van der Waals surface area contributed by atoms with E-state index in [1.54, 1.807) is 12.1 Å². The summed E-state index contributed by atoms with van der Waals surface area (Å²) in [5, 5.41) is 12.2. The Balaban J connectivity index is 2.38. The lowest BCUT2D eigenvalue weighted by molar-refractivity contribution is 0.236. The molecule has 2 N–H and O–H groups in total. The maximum absolute atomic E-state index is 12.6. The first-order chi connectivity index (χ1) is 8.96. The molecular formula is C13H20N2O3S. The number of aliphatic hydroxyl groups is 1. The molecule has 1 aliphatic rings. The molecule has 0 radical (unpaired) electrons. The smallest absolute Gasteiger partial charge is 0.243 e. The van der Waals surface area contributed by atoms with Crippen molar-refractivity contribution in [3.05, 3.63) is 23.8 Å². The first-order valence-corrected chi connectivity index (χ1v) is 7.90. The third-order valence-electron chi connectivity index (χ3n) is 3.29. The van der Waals surface area contributed by atoms with Crippen LogP contribution in [0.3, 0.4) is 0 Å². The largest absolute Gasteiger partial charge is 0.395 e. The van der Waals surface area contributed by atoms with Gasteiger partial charge in [0.1, 0.15) is 0 Å². The van der Waals surface area contributed by atoms with Gasteiger partial charge < -0.3 is 10.4 Å². The molecule has 1 heterocycles. The fraction of sp³-hybridized carbons (Fsp3) is 0.538. The molecule has 0 aromatic heterocycles. The second kappa shape index (κ2) is 5.48. The van der Waals surface area contributed by atoms with E-state index in [-0.39, 0.29) is 19.2 Å². The molecule has 6 heteroatoms. The van der Waals surface area contributed by atoms with Crippen LogP contribution in [0.4, 0.5) is 5.69 Å². The van der Waals surface area contributed by atoms with Crippen LogP contribution in [-0.4, -0.2) is 43.6 Å². The van der Waals surface area contributed by atoms with Crippen LogP contribution in [-0.2, 0) is 16.4 Å². The summed E-state index contributed by atoms with van der Waals surface area (Å²) in [5.41, 5.74) is 2.05. The van der Waals surface area contributed by atoms with Crippen molar-refractivity contribution in [3.8, 4) is 0 Å². The van der Waals surface area contributed by atoms with Crippen molar-refractivity contribution in [2.24, 2.45) is 0 Å². The molecule has 0 saturated carbocycles. The summed E-state index contributed by atoms with van der Waals surface area (Å²) in [4.78, 5) is 0.303. The maximum atomic E-state index is 12.6. The van der Waals surface area contributed by atoms with Crippen molar-refractivity contribution in [1.82, 2.24) is 4.31 Å². The summed E-state index contributed by atoms with van der Waals surface area (Å²) in [6.07, 6.45) is 0.848. The zero-order valence-electron chi connectivity index (χ0n) is 11.3. The molecule has 0 unspecified atom stereocenters. The second-order valence-electron chi connectivity index (χ2n) is 4.93. The lowest BCUT2D eigenvalue weighted by Gasteiger charge is -2.25. The normalized spacial score (nSPS) is 14.8. The summed E-state index contributed by atoms with van der Waals surface area (Å²) >= 11 is 0. The Bertz CT molecular complexity index is 555. The van der Waals surface area contributed by atoms with E-state index in [1.807, 2.05) is 19.9 Å². The number of benzene rings is 1. The predicted molar refractivity (Wildman–Crippen MR) is 74.7 cm³/mol. The number of sulfonamides is 1. The number of hydrogen-bond acceptors (Lipinski definition) is 4. The van der Waals surface area contributed by atoms with Crippen LogP contribution in [0.1, 0.15) is 19.4 Å². The Morgan fingerprint density at radius 2 is 2.16 bits per heavy atom. The molecule has 0 atom stereocenters. The molecule has 0 amide bonds. The zero-order valence-corrected chi connectivity index (χ0v) is 12.1. The SMILES string of the molecule is CC(C)N(CCO)S(=O)(=O)c1ccc2c(c1)CCN2. The van der Waals surface area contributed by atoms with Crippen molar-refractivity contribution >= 4 is 15.7 Å².